The molecule has 0 spiro atoms. The van der Waals surface area contributed by atoms with Gasteiger partial charge in [0, 0.05) is 17.1 Å². The van der Waals surface area contributed by atoms with Crippen LogP contribution in [0.4, 0.5) is 4.39 Å². The third kappa shape index (κ3) is 4.12. The van der Waals surface area contributed by atoms with Crippen LogP contribution in [0.3, 0.4) is 0 Å². The van der Waals surface area contributed by atoms with E-state index in [1.165, 1.54) is 6.07 Å². The fourth-order valence-electron chi connectivity index (χ4n) is 1.86. The van der Waals surface area contributed by atoms with Crippen molar-refractivity contribution < 1.29 is 27.4 Å². The molecule has 1 heterocycles. The molecule has 118 valence electrons. The summed E-state index contributed by atoms with van der Waals surface area (Å²) in [6, 6.07) is 2.17. The molecule has 6 nitrogen and oxygen atoms in total. The zero-order valence-electron chi connectivity index (χ0n) is 11.0. The van der Waals surface area contributed by atoms with Gasteiger partial charge in [-0.3, -0.25) is 0 Å². The van der Waals surface area contributed by atoms with Crippen molar-refractivity contribution in [3.63, 3.8) is 0 Å². The van der Waals surface area contributed by atoms with Crippen molar-refractivity contribution >= 4 is 21.6 Å². The number of sulfonamides is 1. The molecule has 2 N–H and O–H groups in total. The maximum Gasteiger partial charge on any atom is 0.243 e. The normalized spacial score (nSPS) is 19.7. The van der Waals surface area contributed by atoms with Crippen molar-refractivity contribution in [2.24, 2.45) is 0 Å². The van der Waals surface area contributed by atoms with Gasteiger partial charge in [0.1, 0.15) is 10.7 Å². The van der Waals surface area contributed by atoms with Gasteiger partial charge in [-0.1, -0.05) is 11.6 Å². The Bertz CT molecular complexity index is 604. The highest BCUT2D eigenvalue weighted by Crippen LogP contribution is 2.23. The van der Waals surface area contributed by atoms with Gasteiger partial charge in [-0.25, -0.2) is 17.5 Å². The summed E-state index contributed by atoms with van der Waals surface area (Å²) in [4.78, 5) is -0.601. The molecule has 0 radical (unpaired) electrons. The number of aliphatic hydroxyl groups is 1. The largest absolute Gasteiger partial charge is 0.392 e. The van der Waals surface area contributed by atoms with E-state index in [-0.39, 0.29) is 23.7 Å². The van der Waals surface area contributed by atoms with Crippen LogP contribution in [0.15, 0.2) is 17.0 Å². The minimum Gasteiger partial charge on any atom is -0.392 e. The summed E-state index contributed by atoms with van der Waals surface area (Å²) in [7, 11) is -4.10. The van der Waals surface area contributed by atoms with Crippen LogP contribution in [-0.2, 0) is 26.1 Å². The summed E-state index contributed by atoms with van der Waals surface area (Å²) in [5.74, 6) is -1.02. The highest BCUT2D eigenvalue weighted by atomic mass is 35.5. The van der Waals surface area contributed by atoms with Gasteiger partial charge in [0.15, 0.2) is 0 Å². The summed E-state index contributed by atoms with van der Waals surface area (Å²) in [6.45, 7) is 0.429. The van der Waals surface area contributed by atoms with Crippen LogP contribution < -0.4 is 4.72 Å². The Labute approximate surface area is 126 Å². The first-order valence-electron chi connectivity index (χ1n) is 6.22. The van der Waals surface area contributed by atoms with E-state index in [4.69, 9.17) is 26.2 Å². The summed E-state index contributed by atoms with van der Waals surface area (Å²) in [5.41, 5.74) is -0.180. The standard InChI is InChI=1S/C12H15ClFNO5S/c13-9-3-8(6-16)12(14)11(4-9)21(17,18)15-5-10-7-19-1-2-20-10/h3-4,10,15-16H,1-2,5-7H2. The molecule has 1 atom stereocenters. The van der Waals surface area contributed by atoms with Crippen molar-refractivity contribution in [1.82, 2.24) is 4.72 Å². The zero-order valence-corrected chi connectivity index (χ0v) is 12.6. The molecule has 1 fully saturated rings. The van der Waals surface area contributed by atoms with E-state index in [1.54, 1.807) is 0 Å². The Morgan fingerprint density at radius 2 is 2.19 bits per heavy atom. The lowest BCUT2D eigenvalue weighted by atomic mass is 10.2. The molecule has 1 saturated heterocycles. The van der Waals surface area contributed by atoms with Gasteiger partial charge in [0.05, 0.1) is 32.5 Å². The topological polar surface area (TPSA) is 84.9 Å². The number of benzene rings is 1. The quantitative estimate of drug-likeness (QED) is 0.823. The molecular weight excluding hydrogens is 325 g/mol. The molecule has 0 aliphatic carbocycles. The number of hydrogen-bond donors (Lipinski definition) is 2. The molecule has 1 aliphatic heterocycles. The molecule has 21 heavy (non-hydrogen) atoms. The summed E-state index contributed by atoms with van der Waals surface area (Å²) in [5, 5.41) is 9.04. The molecule has 0 bridgehead atoms. The molecule has 0 amide bonds. The van der Waals surface area contributed by atoms with E-state index < -0.39 is 33.4 Å². The number of aliphatic hydroxyl groups excluding tert-OH is 1. The first-order valence-corrected chi connectivity index (χ1v) is 8.08. The first-order chi connectivity index (χ1) is 9.94. The molecule has 2 rings (SSSR count). The number of hydrogen-bond acceptors (Lipinski definition) is 5. The minimum atomic E-state index is -4.10. The molecule has 9 heteroatoms. The smallest absolute Gasteiger partial charge is 0.243 e. The highest BCUT2D eigenvalue weighted by molar-refractivity contribution is 7.89. The minimum absolute atomic E-state index is 0.0260. The van der Waals surface area contributed by atoms with Crippen LogP contribution in [-0.4, -0.2) is 46.0 Å². The van der Waals surface area contributed by atoms with Crippen LogP contribution in [0.1, 0.15) is 5.56 Å². The molecule has 1 unspecified atom stereocenters. The van der Waals surface area contributed by atoms with E-state index in [9.17, 15) is 12.8 Å². The molecule has 0 saturated carbocycles. The van der Waals surface area contributed by atoms with E-state index in [1.807, 2.05) is 0 Å². The average molecular weight is 340 g/mol. The van der Waals surface area contributed by atoms with E-state index >= 15 is 0 Å². The number of nitrogens with one attached hydrogen (secondary N) is 1. The second kappa shape index (κ2) is 6.99. The van der Waals surface area contributed by atoms with Gasteiger partial charge < -0.3 is 14.6 Å². The van der Waals surface area contributed by atoms with Crippen molar-refractivity contribution in [3.8, 4) is 0 Å². The van der Waals surface area contributed by atoms with Crippen molar-refractivity contribution in [2.75, 3.05) is 26.4 Å². The predicted molar refractivity (Wildman–Crippen MR) is 73.1 cm³/mol. The van der Waals surface area contributed by atoms with Crippen molar-refractivity contribution in [1.29, 1.82) is 0 Å². The SMILES string of the molecule is O=S(=O)(NCC1COCCO1)c1cc(Cl)cc(CO)c1F. The Kier molecular flexibility index (Phi) is 5.53. The van der Waals surface area contributed by atoms with Gasteiger partial charge >= 0.3 is 0 Å². The Balaban J connectivity index is 2.17. The Morgan fingerprint density at radius 3 is 2.81 bits per heavy atom. The first kappa shape index (κ1) is 16.6. The second-order valence-electron chi connectivity index (χ2n) is 4.45. The summed E-state index contributed by atoms with van der Waals surface area (Å²) >= 11 is 5.74. The average Bonchev–Trinajstić information content (AvgIpc) is 2.48. The third-order valence-corrected chi connectivity index (χ3v) is 4.57. The molecule has 0 aromatic heterocycles. The van der Waals surface area contributed by atoms with Crippen LogP contribution in [0.2, 0.25) is 5.02 Å². The van der Waals surface area contributed by atoms with Crippen molar-refractivity contribution in [3.05, 3.63) is 28.5 Å². The third-order valence-electron chi connectivity index (χ3n) is 2.93. The fraction of sp³-hybridized carbons (Fsp3) is 0.500. The molecule has 1 aromatic carbocycles. The lowest BCUT2D eigenvalue weighted by molar-refractivity contribution is -0.0847. The van der Waals surface area contributed by atoms with Crippen LogP contribution in [0.5, 0.6) is 0 Å². The predicted octanol–water partition coefficient (Wildman–Crippen LogP) is 0.665. The van der Waals surface area contributed by atoms with Crippen LogP contribution in [0.25, 0.3) is 0 Å². The van der Waals surface area contributed by atoms with Gasteiger partial charge in [-0.2, -0.15) is 0 Å². The molecular formula is C12H15ClFNO5S. The Hall–Kier alpha value is -0.770. The maximum absolute atomic E-state index is 14.0. The summed E-state index contributed by atoms with van der Waals surface area (Å²) in [6.07, 6.45) is -0.423. The molecule has 1 aromatic rings. The van der Waals surface area contributed by atoms with Gasteiger partial charge in [-0.15, -0.1) is 0 Å². The lowest BCUT2D eigenvalue weighted by Gasteiger charge is -2.23. The van der Waals surface area contributed by atoms with Crippen molar-refractivity contribution in [2.45, 2.75) is 17.6 Å². The zero-order chi connectivity index (χ0) is 15.5. The highest BCUT2D eigenvalue weighted by Gasteiger charge is 2.24. The maximum atomic E-state index is 14.0. The fourth-order valence-corrected chi connectivity index (χ4v) is 3.38. The lowest BCUT2D eigenvalue weighted by Crippen LogP contribution is -2.39. The van der Waals surface area contributed by atoms with Crippen LogP contribution in [0, 0.1) is 5.82 Å². The number of ether oxygens (including phenoxy) is 2. The number of rotatable bonds is 5. The van der Waals surface area contributed by atoms with E-state index in [0.29, 0.717) is 13.2 Å². The van der Waals surface area contributed by atoms with E-state index in [0.717, 1.165) is 6.07 Å². The van der Waals surface area contributed by atoms with Gasteiger partial charge in [0.2, 0.25) is 10.0 Å². The molecule has 1 aliphatic rings. The number of halogens is 2. The van der Waals surface area contributed by atoms with E-state index in [2.05, 4.69) is 4.72 Å². The monoisotopic (exact) mass is 339 g/mol. The second-order valence-corrected chi connectivity index (χ2v) is 6.63. The van der Waals surface area contributed by atoms with Gasteiger partial charge in [-0.05, 0) is 12.1 Å². The summed E-state index contributed by atoms with van der Waals surface area (Å²) < 4.78 is 51.0. The Morgan fingerprint density at radius 1 is 1.43 bits per heavy atom. The van der Waals surface area contributed by atoms with Crippen LogP contribution >= 0.6 is 11.6 Å². The van der Waals surface area contributed by atoms with Gasteiger partial charge in [0.25, 0.3) is 0 Å².